The molecule has 0 fully saturated rings. The van der Waals surface area contributed by atoms with Crippen molar-refractivity contribution in [2.75, 3.05) is 5.32 Å². The maximum atomic E-state index is 11.9. The van der Waals surface area contributed by atoms with Crippen LogP contribution in [-0.4, -0.2) is 11.1 Å². The van der Waals surface area contributed by atoms with Gasteiger partial charge in [-0.1, -0.05) is 11.2 Å². The smallest absolute Gasteiger partial charge is 0.294 e. The van der Waals surface area contributed by atoms with Crippen LogP contribution in [0.5, 0.6) is 0 Å². The van der Waals surface area contributed by atoms with Gasteiger partial charge in [0.25, 0.3) is 5.91 Å². The quantitative estimate of drug-likeness (QED) is 0.880. The third-order valence-corrected chi connectivity index (χ3v) is 3.21. The first-order valence-corrected chi connectivity index (χ1v) is 6.09. The van der Waals surface area contributed by atoms with Crippen molar-refractivity contribution in [3.63, 3.8) is 0 Å². The van der Waals surface area contributed by atoms with Crippen LogP contribution < -0.4 is 5.32 Å². The number of aryl methyl sites for hydroxylation is 3. The molecule has 0 unspecified atom stereocenters. The van der Waals surface area contributed by atoms with Crippen molar-refractivity contribution in [1.82, 2.24) is 5.16 Å². The summed E-state index contributed by atoms with van der Waals surface area (Å²) >= 11 is 0. The number of benzene rings is 1. The minimum Gasteiger partial charge on any atom is -0.351 e. The minimum absolute atomic E-state index is 0.244. The molecule has 0 radical (unpaired) electrons. The summed E-state index contributed by atoms with van der Waals surface area (Å²) < 4.78 is 4.93. The number of amides is 1. The predicted molar refractivity (Wildman–Crippen MR) is 67.7 cm³/mol. The zero-order chi connectivity index (χ0) is 12.5. The lowest BCUT2D eigenvalue weighted by Crippen LogP contribution is -2.11. The highest BCUT2D eigenvalue weighted by atomic mass is 16.5. The van der Waals surface area contributed by atoms with Crippen LogP contribution in [0.3, 0.4) is 0 Å². The van der Waals surface area contributed by atoms with Crippen molar-refractivity contribution in [3.05, 3.63) is 46.8 Å². The second-order valence-electron chi connectivity index (χ2n) is 4.62. The Labute approximate surface area is 105 Å². The molecule has 1 aromatic carbocycles. The fourth-order valence-corrected chi connectivity index (χ4v) is 2.31. The number of anilines is 1. The molecule has 0 saturated heterocycles. The second-order valence-corrected chi connectivity index (χ2v) is 4.62. The zero-order valence-corrected chi connectivity index (χ0v) is 10.2. The fraction of sp³-hybridized carbons (Fsp3) is 0.286. The van der Waals surface area contributed by atoms with E-state index >= 15 is 0 Å². The normalized spacial score (nSPS) is 13.4. The Morgan fingerprint density at radius 1 is 1.28 bits per heavy atom. The molecule has 4 nitrogen and oxygen atoms in total. The standard InChI is InChI=1S/C14H14N2O2/c1-9-7-13(18-16-9)14(17)15-12-6-5-10-3-2-4-11(10)8-12/h5-8H,2-4H2,1H3,(H,15,17). The Hall–Kier alpha value is -2.10. The number of nitrogens with one attached hydrogen (secondary N) is 1. The van der Waals surface area contributed by atoms with Gasteiger partial charge >= 0.3 is 0 Å². The number of hydrogen-bond donors (Lipinski definition) is 1. The van der Waals surface area contributed by atoms with Crippen molar-refractivity contribution in [2.24, 2.45) is 0 Å². The molecule has 0 bridgehead atoms. The van der Waals surface area contributed by atoms with Gasteiger partial charge in [-0.2, -0.15) is 0 Å². The van der Waals surface area contributed by atoms with Gasteiger partial charge in [-0.25, -0.2) is 0 Å². The predicted octanol–water partition coefficient (Wildman–Crippen LogP) is 2.72. The van der Waals surface area contributed by atoms with E-state index in [2.05, 4.69) is 16.5 Å². The summed E-state index contributed by atoms with van der Waals surface area (Å²) in [5.74, 6) is -0.0125. The monoisotopic (exact) mass is 242 g/mol. The Balaban J connectivity index is 1.78. The number of nitrogens with zero attached hydrogens (tertiary/aromatic N) is 1. The van der Waals surface area contributed by atoms with Crippen LogP contribution in [0.1, 0.15) is 33.8 Å². The molecule has 0 aliphatic heterocycles. The Bertz CT molecular complexity index is 602. The van der Waals surface area contributed by atoms with Crippen LogP contribution in [-0.2, 0) is 12.8 Å². The molecule has 1 aliphatic carbocycles. The molecule has 0 spiro atoms. The number of fused-ring (bicyclic) bond motifs is 1. The van der Waals surface area contributed by atoms with E-state index in [9.17, 15) is 4.79 Å². The molecule has 1 aliphatic rings. The van der Waals surface area contributed by atoms with E-state index in [-0.39, 0.29) is 11.7 Å². The maximum absolute atomic E-state index is 11.9. The topological polar surface area (TPSA) is 55.1 Å². The SMILES string of the molecule is Cc1cc(C(=O)Nc2ccc3c(c2)CCC3)on1. The summed E-state index contributed by atoms with van der Waals surface area (Å²) in [6.45, 7) is 1.79. The van der Waals surface area contributed by atoms with Crippen LogP contribution >= 0.6 is 0 Å². The van der Waals surface area contributed by atoms with Gasteiger partial charge in [0.05, 0.1) is 5.69 Å². The van der Waals surface area contributed by atoms with Gasteiger partial charge in [0, 0.05) is 11.8 Å². The molecule has 4 heteroatoms. The summed E-state index contributed by atoms with van der Waals surface area (Å²) in [4.78, 5) is 11.9. The number of carbonyl (C=O) groups is 1. The van der Waals surface area contributed by atoms with Crippen molar-refractivity contribution < 1.29 is 9.32 Å². The third-order valence-electron chi connectivity index (χ3n) is 3.21. The fourth-order valence-electron chi connectivity index (χ4n) is 2.31. The average Bonchev–Trinajstić information content (AvgIpc) is 2.96. The van der Waals surface area contributed by atoms with Gasteiger partial charge < -0.3 is 9.84 Å². The van der Waals surface area contributed by atoms with Crippen LogP contribution in [0.4, 0.5) is 5.69 Å². The summed E-state index contributed by atoms with van der Waals surface area (Å²) in [6, 6.07) is 7.70. The van der Waals surface area contributed by atoms with E-state index in [1.807, 2.05) is 12.1 Å². The van der Waals surface area contributed by atoms with Crippen molar-refractivity contribution >= 4 is 11.6 Å². The molecular weight excluding hydrogens is 228 g/mol. The third kappa shape index (κ3) is 2.01. The molecule has 18 heavy (non-hydrogen) atoms. The summed E-state index contributed by atoms with van der Waals surface area (Å²) in [7, 11) is 0. The summed E-state index contributed by atoms with van der Waals surface area (Å²) in [5.41, 5.74) is 4.24. The molecule has 0 saturated carbocycles. The van der Waals surface area contributed by atoms with Crippen LogP contribution in [0, 0.1) is 6.92 Å². The van der Waals surface area contributed by atoms with Gasteiger partial charge in [0.1, 0.15) is 0 Å². The lowest BCUT2D eigenvalue weighted by Gasteiger charge is -2.05. The van der Waals surface area contributed by atoms with Crippen LogP contribution in [0.25, 0.3) is 0 Å². The highest BCUT2D eigenvalue weighted by Gasteiger charge is 2.14. The minimum atomic E-state index is -0.256. The molecule has 1 N–H and O–H groups in total. The maximum Gasteiger partial charge on any atom is 0.294 e. The Morgan fingerprint density at radius 3 is 2.89 bits per heavy atom. The first-order chi connectivity index (χ1) is 8.72. The number of hydrogen-bond acceptors (Lipinski definition) is 3. The largest absolute Gasteiger partial charge is 0.351 e. The van der Waals surface area contributed by atoms with E-state index in [4.69, 9.17) is 4.52 Å². The van der Waals surface area contributed by atoms with Crippen molar-refractivity contribution in [3.8, 4) is 0 Å². The molecule has 3 rings (SSSR count). The van der Waals surface area contributed by atoms with E-state index in [0.717, 1.165) is 18.5 Å². The van der Waals surface area contributed by atoms with Crippen LogP contribution in [0.2, 0.25) is 0 Å². The van der Waals surface area contributed by atoms with E-state index in [1.54, 1.807) is 13.0 Å². The molecule has 2 aromatic rings. The molecule has 1 amide bonds. The number of aromatic nitrogens is 1. The number of rotatable bonds is 2. The van der Waals surface area contributed by atoms with Crippen LogP contribution in [0.15, 0.2) is 28.8 Å². The Morgan fingerprint density at radius 2 is 2.11 bits per heavy atom. The second kappa shape index (κ2) is 4.29. The summed E-state index contributed by atoms with van der Waals surface area (Å²) in [5, 5.41) is 6.53. The van der Waals surface area contributed by atoms with Gasteiger partial charge in [-0.15, -0.1) is 0 Å². The van der Waals surface area contributed by atoms with Gasteiger partial charge in [0.15, 0.2) is 0 Å². The van der Waals surface area contributed by atoms with Gasteiger partial charge in [0.2, 0.25) is 5.76 Å². The van der Waals surface area contributed by atoms with E-state index < -0.39 is 0 Å². The molecule has 1 aromatic heterocycles. The first kappa shape index (κ1) is 11.0. The van der Waals surface area contributed by atoms with Crippen molar-refractivity contribution in [1.29, 1.82) is 0 Å². The first-order valence-electron chi connectivity index (χ1n) is 6.09. The Kier molecular flexibility index (Phi) is 2.63. The molecular formula is C14H14N2O2. The average molecular weight is 242 g/mol. The highest BCUT2D eigenvalue weighted by Crippen LogP contribution is 2.25. The lowest BCUT2D eigenvalue weighted by atomic mass is 10.1. The van der Waals surface area contributed by atoms with Crippen molar-refractivity contribution in [2.45, 2.75) is 26.2 Å². The molecule has 1 heterocycles. The molecule has 0 atom stereocenters. The van der Waals surface area contributed by atoms with E-state index in [1.165, 1.54) is 17.5 Å². The summed E-state index contributed by atoms with van der Waals surface area (Å²) in [6.07, 6.45) is 3.44. The lowest BCUT2D eigenvalue weighted by molar-refractivity contribution is 0.0988. The van der Waals surface area contributed by atoms with Gasteiger partial charge in [-0.3, -0.25) is 4.79 Å². The van der Waals surface area contributed by atoms with E-state index in [0.29, 0.717) is 5.69 Å². The highest BCUT2D eigenvalue weighted by molar-refractivity contribution is 6.02. The number of carbonyl (C=O) groups excluding carboxylic acids is 1. The molecule has 92 valence electrons. The zero-order valence-electron chi connectivity index (χ0n) is 10.2. The van der Waals surface area contributed by atoms with Gasteiger partial charge in [-0.05, 0) is 49.4 Å².